The molecule has 0 bridgehead atoms. The number of thioether (sulfide) groups is 1. The van der Waals surface area contributed by atoms with Gasteiger partial charge >= 0.3 is 0 Å². The third-order valence-electron chi connectivity index (χ3n) is 3.47. The zero-order chi connectivity index (χ0) is 17.6. The Morgan fingerprint density at radius 1 is 1.24 bits per heavy atom. The van der Waals surface area contributed by atoms with Gasteiger partial charge in [-0.3, -0.25) is 10.1 Å². The number of carbonyl (C=O) groups is 1. The first-order valence-corrected chi connectivity index (χ1v) is 9.88. The fourth-order valence-electron chi connectivity index (χ4n) is 2.21. The molecular weight excluding hydrogens is 354 g/mol. The third-order valence-corrected chi connectivity index (χ3v) is 5.65. The number of hydrogen-bond donors (Lipinski definition) is 1. The fraction of sp³-hybridized carbons (Fsp3) is 0.278. The lowest BCUT2D eigenvalue weighted by atomic mass is 10.1. The van der Waals surface area contributed by atoms with E-state index in [1.807, 2.05) is 42.5 Å². The summed E-state index contributed by atoms with van der Waals surface area (Å²) < 4.78 is 6.63. The van der Waals surface area contributed by atoms with Gasteiger partial charge in [0.25, 0.3) is 5.91 Å². The van der Waals surface area contributed by atoms with E-state index in [9.17, 15) is 4.79 Å². The van der Waals surface area contributed by atoms with Crippen LogP contribution in [0.2, 0.25) is 0 Å². The number of hydrogen-bond acceptors (Lipinski definition) is 6. The maximum atomic E-state index is 12.3. The molecule has 7 heteroatoms. The molecule has 0 radical (unpaired) electrons. The lowest BCUT2D eigenvalue weighted by molar-refractivity contribution is -0.122. The second-order valence-corrected chi connectivity index (χ2v) is 7.80. The molecule has 5 nitrogen and oxygen atoms in total. The van der Waals surface area contributed by atoms with Gasteiger partial charge in [0.05, 0.1) is 0 Å². The van der Waals surface area contributed by atoms with E-state index in [4.69, 9.17) is 4.74 Å². The quantitative estimate of drug-likeness (QED) is 0.484. The minimum atomic E-state index is -0.628. The molecule has 1 amide bonds. The van der Waals surface area contributed by atoms with Gasteiger partial charge in [-0.1, -0.05) is 60.4 Å². The summed E-state index contributed by atoms with van der Waals surface area (Å²) in [6, 6.07) is 13.8. The van der Waals surface area contributed by atoms with Gasteiger partial charge in [0.15, 0.2) is 10.4 Å². The smallest absolute Gasteiger partial charge is 0.266 e. The zero-order valence-corrected chi connectivity index (χ0v) is 15.7. The first-order chi connectivity index (χ1) is 12.2. The molecule has 0 saturated heterocycles. The monoisotopic (exact) mass is 373 g/mol. The Morgan fingerprint density at radius 2 is 2.04 bits per heavy atom. The highest BCUT2D eigenvalue weighted by Crippen LogP contribution is 2.26. The van der Waals surface area contributed by atoms with Crippen molar-refractivity contribution in [3.05, 3.63) is 42.5 Å². The third kappa shape index (κ3) is 4.70. The summed E-state index contributed by atoms with van der Waals surface area (Å²) in [5.74, 6) is 1.42. The fourth-order valence-corrected chi connectivity index (χ4v) is 3.89. The number of amides is 1. The van der Waals surface area contributed by atoms with Crippen molar-refractivity contribution < 1.29 is 9.53 Å². The highest BCUT2D eigenvalue weighted by atomic mass is 32.2. The molecule has 1 atom stereocenters. The second-order valence-electron chi connectivity index (χ2n) is 5.48. The number of fused-ring (bicyclic) bond motifs is 1. The van der Waals surface area contributed by atoms with Crippen LogP contribution in [0.1, 0.15) is 20.3 Å². The normalized spacial score (nSPS) is 12.1. The standard InChI is InChI=1S/C18H19N3O2S2/c1-3-10-24-18-21-20-17(25-18)19-16(22)12(2)23-15-9-8-13-6-4-5-7-14(13)11-15/h4-9,11-12H,3,10H2,1-2H3,(H,19,20,22)/t12-/m1/s1. The van der Waals surface area contributed by atoms with E-state index in [0.29, 0.717) is 10.9 Å². The molecule has 3 rings (SSSR count). The Labute approximate surface area is 154 Å². The van der Waals surface area contributed by atoms with Gasteiger partial charge in [0, 0.05) is 5.75 Å². The van der Waals surface area contributed by atoms with Crippen LogP contribution in [0, 0.1) is 0 Å². The summed E-state index contributed by atoms with van der Waals surface area (Å²) >= 11 is 3.02. The van der Waals surface area contributed by atoms with Crippen LogP contribution in [0.4, 0.5) is 5.13 Å². The highest BCUT2D eigenvalue weighted by Gasteiger charge is 2.17. The van der Waals surface area contributed by atoms with Crippen LogP contribution in [-0.2, 0) is 4.79 Å². The molecule has 3 aromatic rings. The largest absolute Gasteiger partial charge is 0.481 e. The number of ether oxygens (including phenoxy) is 1. The molecule has 0 saturated carbocycles. The Balaban J connectivity index is 1.60. The summed E-state index contributed by atoms with van der Waals surface area (Å²) in [6.45, 7) is 3.83. The summed E-state index contributed by atoms with van der Waals surface area (Å²) in [4.78, 5) is 12.3. The van der Waals surface area contributed by atoms with Crippen molar-refractivity contribution in [2.75, 3.05) is 11.1 Å². The highest BCUT2D eigenvalue weighted by molar-refractivity contribution is 8.01. The van der Waals surface area contributed by atoms with Gasteiger partial charge < -0.3 is 4.74 Å². The average molecular weight is 374 g/mol. The number of aromatic nitrogens is 2. The number of nitrogens with one attached hydrogen (secondary N) is 1. The molecular formula is C18H19N3O2S2. The summed E-state index contributed by atoms with van der Waals surface area (Å²) in [5, 5.41) is 13.5. The van der Waals surface area contributed by atoms with Gasteiger partial charge in [-0.25, -0.2) is 0 Å². The van der Waals surface area contributed by atoms with Crippen molar-refractivity contribution in [2.45, 2.75) is 30.7 Å². The van der Waals surface area contributed by atoms with Gasteiger partial charge in [0.1, 0.15) is 5.75 Å². The molecule has 0 spiro atoms. The van der Waals surface area contributed by atoms with E-state index in [2.05, 4.69) is 22.4 Å². The van der Waals surface area contributed by atoms with E-state index in [0.717, 1.165) is 27.3 Å². The predicted molar refractivity (Wildman–Crippen MR) is 104 cm³/mol. The molecule has 1 N–H and O–H groups in total. The maximum Gasteiger partial charge on any atom is 0.266 e. The lowest BCUT2D eigenvalue weighted by Gasteiger charge is -2.14. The molecule has 0 fully saturated rings. The van der Waals surface area contributed by atoms with Crippen LogP contribution < -0.4 is 10.1 Å². The van der Waals surface area contributed by atoms with Crippen LogP contribution in [0.15, 0.2) is 46.8 Å². The summed E-state index contributed by atoms with van der Waals surface area (Å²) in [7, 11) is 0. The predicted octanol–water partition coefficient (Wildman–Crippen LogP) is 4.60. The van der Waals surface area contributed by atoms with E-state index < -0.39 is 6.10 Å². The molecule has 0 aliphatic rings. The average Bonchev–Trinajstić information content (AvgIpc) is 3.07. The molecule has 0 aliphatic heterocycles. The molecule has 0 aliphatic carbocycles. The van der Waals surface area contributed by atoms with Crippen molar-refractivity contribution in [1.82, 2.24) is 10.2 Å². The maximum absolute atomic E-state index is 12.3. The minimum Gasteiger partial charge on any atom is -0.481 e. The number of benzene rings is 2. The number of nitrogens with zero attached hydrogens (tertiary/aromatic N) is 2. The number of anilines is 1. The van der Waals surface area contributed by atoms with E-state index in [1.165, 1.54) is 11.3 Å². The van der Waals surface area contributed by atoms with Crippen LogP contribution in [0.3, 0.4) is 0 Å². The van der Waals surface area contributed by atoms with Crippen molar-refractivity contribution in [1.29, 1.82) is 0 Å². The number of carbonyl (C=O) groups excluding carboxylic acids is 1. The Bertz CT molecular complexity index is 866. The van der Waals surface area contributed by atoms with Gasteiger partial charge in [0.2, 0.25) is 5.13 Å². The Morgan fingerprint density at radius 3 is 2.84 bits per heavy atom. The van der Waals surface area contributed by atoms with Gasteiger partial charge in [-0.05, 0) is 36.2 Å². The molecule has 2 aromatic carbocycles. The van der Waals surface area contributed by atoms with Gasteiger partial charge in [-0.2, -0.15) is 0 Å². The van der Waals surface area contributed by atoms with Crippen LogP contribution >= 0.6 is 23.1 Å². The molecule has 1 aromatic heterocycles. The summed E-state index contributed by atoms with van der Waals surface area (Å²) in [5.41, 5.74) is 0. The van der Waals surface area contributed by atoms with Crippen LogP contribution in [0.5, 0.6) is 5.75 Å². The van der Waals surface area contributed by atoms with Crippen LogP contribution in [0.25, 0.3) is 10.8 Å². The van der Waals surface area contributed by atoms with E-state index >= 15 is 0 Å². The Hall–Kier alpha value is -2.12. The van der Waals surface area contributed by atoms with E-state index in [-0.39, 0.29) is 5.91 Å². The van der Waals surface area contributed by atoms with Crippen LogP contribution in [-0.4, -0.2) is 28.0 Å². The SMILES string of the molecule is CCCSc1nnc(NC(=O)[C@@H](C)Oc2ccc3ccccc3c2)s1. The van der Waals surface area contributed by atoms with E-state index in [1.54, 1.807) is 18.7 Å². The van der Waals surface area contributed by atoms with Crippen molar-refractivity contribution in [2.24, 2.45) is 0 Å². The van der Waals surface area contributed by atoms with Crippen molar-refractivity contribution >= 4 is 44.9 Å². The first kappa shape index (κ1) is 17.7. The summed E-state index contributed by atoms with van der Waals surface area (Å²) in [6.07, 6.45) is 0.444. The van der Waals surface area contributed by atoms with Crippen molar-refractivity contribution in [3.63, 3.8) is 0 Å². The Kier molecular flexibility index (Phi) is 5.88. The lowest BCUT2D eigenvalue weighted by Crippen LogP contribution is -2.30. The zero-order valence-electron chi connectivity index (χ0n) is 14.1. The first-order valence-electron chi connectivity index (χ1n) is 8.08. The van der Waals surface area contributed by atoms with Gasteiger partial charge in [-0.15, -0.1) is 10.2 Å². The molecule has 25 heavy (non-hydrogen) atoms. The molecule has 1 heterocycles. The minimum absolute atomic E-state index is 0.239. The number of rotatable bonds is 7. The topological polar surface area (TPSA) is 64.1 Å². The molecule has 0 unspecified atom stereocenters. The van der Waals surface area contributed by atoms with Crippen molar-refractivity contribution in [3.8, 4) is 5.75 Å². The second kappa shape index (κ2) is 8.31. The molecule has 130 valence electrons.